The molecule has 0 fully saturated rings. The molecule has 2 rings (SSSR count). The minimum Gasteiger partial charge on any atom is -0.508 e. The van der Waals surface area contributed by atoms with Crippen LogP contribution in [0, 0.1) is 0 Å². The van der Waals surface area contributed by atoms with E-state index in [0.29, 0.717) is 5.56 Å². The van der Waals surface area contributed by atoms with Gasteiger partial charge in [0, 0.05) is 11.5 Å². The number of hydrogen-bond donors (Lipinski definition) is 5. The first kappa shape index (κ1) is 17.3. The van der Waals surface area contributed by atoms with Crippen molar-refractivity contribution in [1.29, 1.82) is 0 Å². The molecule has 7 nitrogen and oxygen atoms in total. The molecule has 2 atom stereocenters. The third-order valence-electron chi connectivity index (χ3n) is 3.42. The summed E-state index contributed by atoms with van der Waals surface area (Å²) >= 11 is 0. The lowest BCUT2D eigenvalue weighted by atomic mass is 9.90. The smallest absolute Gasteiger partial charge is 0.508 e. The minimum absolute atomic E-state index is 0.0499. The highest BCUT2D eigenvalue weighted by atomic mass is 31.2. The summed E-state index contributed by atoms with van der Waals surface area (Å²) in [5.74, 6) is -0.779. The van der Waals surface area contributed by atoms with Crippen LogP contribution in [0.15, 0.2) is 42.5 Å². The Morgan fingerprint density at radius 1 is 1.00 bits per heavy atom. The molecule has 0 aromatic heterocycles. The van der Waals surface area contributed by atoms with Crippen LogP contribution in [0.5, 0.6) is 17.2 Å². The van der Waals surface area contributed by atoms with Gasteiger partial charge < -0.3 is 19.8 Å². The molecule has 124 valence electrons. The fraction of sp³-hybridized carbons (Fsp3) is 0.200. The predicted molar refractivity (Wildman–Crippen MR) is 82.3 cm³/mol. The van der Waals surface area contributed by atoms with Crippen molar-refractivity contribution in [3.05, 3.63) is 53.6 Å². The number of phenols is 2. The van der Waals surface area contributed by atoms with Crippen molar-refractivity contribution < 1.29 is 34.2 Å². The molecular weight excluding hydrogens is 323 g/mol. The normalized spacial score (nSPS) is 14.3. The average molecular weight is 340 g/mol. The molecule has 5 N–H and O–H groups in total. The maximum atomic E-state index is 11.0. The minimum atomic E-state index is -4.80. The van der Waals surface area contributed by atoms with Crippen molar-refractivity contribution in [1.82, 2.24) is 0 Å². The Balaban J connectivity index is 2.37. The second-order valence-corrected chi connectivity index (χ2v) is 6.29. The van der Waals surface area contributed by atoms with E-state index < -0.39 is 19.8 Å². The number of aliphatic hydroxyl groups excluding tert-OH is 1. The molecular formula is C15H17O7P. The van der Waals surface area contributed by atoms with Crippen LogP contribution in [0.1, 0.15) is 30.1 Å². The first-order chi connectivity index (χ1) is 10.7. The highest BCUT2D eigenvalue weighted by Crippen LogP contribution is 2.44. The Kier molecular flexibility index (Phi) is 4.97. The molecule has 0 bridgehead atoms. The van der Waals surface area contributed by atoms with Gasteiger partial charge in [-0.15, -0.1) is 0 Å². The van der Waals surface area contributed by atoms with E-state index in [2.05, 4.69) is 4.52 Å². The number of phenolic OH excluding ortho intramolecular Hbond substituents is 2. The van der Waals surface area contributed by atoms with E-state index in [-0.39, 0.29) is 22.8 Å². The second-order valence-electron chi connectivity index (χ2n) is 5.13. The SMILES string of the molecule is CC(c1ccc(O)cc1)C(O)c1cc(O)ccc1OP(=O)(O)O. The van der Waals surface area contributed by atoms with Crippen LogP contribution in [0.2, 0.25) is 0 Å². The first-order valence-corrected chi connectivity index (χ1v) is 8.25. The lowest BCUT2D eigenvalue weighted by Gasteiger charge is -2.22. The van der Waals surface area contributed by atoms with Gasteiger partial charge >= 0.3 is 7.82 Å². The number of hydrogen-bond acceptors (Lipinski definition) is 5. The fourth-order valence-corrected chi connectivity index (χ4v) is 2.63. The third kappa shape index (κ3) is 4.46. The lowest BCUT2D eigenvalue weighted by molar-refractivity contribution is 0.148. The van der Waals surface area contributed by atoms with Crippen LogP contribution in [-0.4, -0.2) is 25.1 Å². The van der Waals surface area contributed by atoms with Crippen LogP contribution in [0.25, 0.3) is 0 Å². The van der Waals surface area contributed by atoms with E-state index in [1.165, 1.54) is 30.3 Å². The second kappa shape index (κ2) is 6.60. The Morgan fingerprint density at radius 2 is 1.57 bits per heavy atom. The van der Waals surface area contributed by atoms with Gasteiger partial charge in [-0.3, -0.25) is 9.79 Å². The van der Waals surface area contributed by atoms with Crippen molar-refractivity contribution in [3.63, 3.8) is 0 Å². The topological polar surface area (TPSA) is 127 Å². The van der Waals surface area contributed by atoms with E-state index in [4.69, 9.17) is 9.79 Å². The van der Waals surface area contributed by atoms with Crippen LogP contribution >= 0.6 is 7.82 Å². The maximum Gasteiger partial charge on any atom is 0.524 e. The van der Waals surface area contributed by atoms with Crippen LogP contribution in [0.4, 0.5) is 0 Å². The molecule has 2 aromatic rings. The summed E-state index contributed by atoms with van der Waals surface area (Å²) in [5, 5.41) is 29.4. The van der Waals surface area contributed by atoms with E-state index in [0.717, 1.165) is 0 Å². The molecule has 0 amide bonds. The van der Waals surface area contributed by atoms with Crippen molar-refractivity contribution in [3.8, 4) is 17.2 Å². The summed E-state index contributed by atoms with van der Waals surface area (Å²) in [6, 6.07) is 9.74. The van der Waals surface area contributed by atoms with Crippen LogP contribution in [0.3, 0.4) is 0 Å². The zero-order chi connectivity index (χ0) is 17.2. The number of phosphoric ester groups is 1. The molecule has 0 spiro atoms. The molecule has 0 radical (unpaired) electrons. The van der Waals surface area contributed by atoms with Gasteiger partial charge in [-0.1, -0.05) is 19.1 Å². The van der Waals surface area contributed by atoms with Gasteiger partial charge in [0.05, 0.1) is 6.10 Å². The number of aliphatic hydroxyl groups is 1. The molecule has 0 aliphatic carbocycles. The zero-order valence-electron chi connectivity index (χ0n) is 12.2. The summed E-state index contributed by atoms with van der Waals surface area (Å²) in [5.41, 5.74) is 0.745. The number of phosphoric acid groups is 1. The molecule has 23 heavy (non-hydrogen) atoms. The van der Waals surface area contributed by atoms with Crippen molar-refractivity contribution in [2.75, 3.05) is 0 Å². The molecule has 8 heteroatoms. The molecule has 2 unspecified atom stereocenters. The van der Waals surface area contributed by atoms with Crippen molar-refractivity contribution in [2.45, 2.75) is 18.9 Å². The quantitative estimate of drug-likeness (QED) is 0.529. The Hall–Kier alpha value is -2.05. The average Bonchev–Trinajstić information content (AvgIpc) is 2.47. The molecule has 0 heterocycles. The predicted octanol–water partition coefficient (Wildman–Crippen LogP) is 2.41. The molecule has 0 aliphatic heterocycles. The van der Waals surface area contributed by atoms with Gasteiger partial charge in [0.25, 0.3) is 0 Å². The highest BCUT2D eigenvalue weighted by molar-refractivity contribution is 7.46. The summed E-state index contributed by atoms with van der Waals surface area (Å²) in [6.07, 6.45) is -1.19. The van der Waals surface area contributed by atoms with Gasteiger partial charge in [-0.05, 0) is 35.9 Å². The molecule has 2 aromatic carbocycles. The van der Waals surface area contributed by atoms with E-state index in [1.54, 1.807) is 19.1 Å². The summed E-state index contributed by atoms with van der Waals surface area (Å²) in [4.78, 5) is 17.9. The number of benzene rings is 2. The summed E-state index contributed by atoms with van der Waals surface area (Å²) in [6.45, 7) is 1.70. The summed E-state index contributed by atoms with van der Waals surface area (Å²) in [7, 11) is -4.80. The molecule has 0 saturated carbocycles. The maximum absolute atomic E-state index is 11.0. The first-order valence-electron chi connectivity index (χ1n) is 6.72. The van der Waals surface area contributed by atoms with Gasteiger partial charge in [0.15, 0.2) is 0 Å². The summed E-state index contributed by atoms with van der Waals surface area (Å²) < 4.78 is 15.6. The van der Waals surface area contributed by atoms with Gasteiger partial charge in [-0.25, -0.2) is 4.57 Å². The number of rotatable bonds is 5. The Labute approximate surface area is 132 Å². The number of aromatic hydroxyl groups is 2. The Morgan fingerprint density at radius 3 is 2.13 bits per heavy atom. The third-order valence-corrected chi connectivity index (χ3v) is 3.86. The van der Waals surface area contributed by atoms with Gasteiger partial charge in [0.2, 0.25) is 0 Å². The lowest BCUT2D eigenvalue weighted by Crippen LogP contribution is -2.09. The van der Waals surface area contributed by atoms with Crippen molar-refractivity contribution >= 4 is 7.82 Å². The standard InChI is InChI=1S/C15H17O7P/c1-9(10-2-4-11(16)5-3-10)15(18)13-8-12(17)6-7-14(13)22-23(19,20)21/h2-9,15-18H,1H3,(H2,19,20,21). The van der Waals surface area contributed by atoms with Crippen LogP contribution in [-0.2, 0) is 4.57 Å². The van der Waals surface area contributed by atoms with E-state index in [9.17, 15) is 19.9 Å². The zero-order valence-corrected chi connectivity index (χ0v) is 13.1. The molecule has 0 aliphatic rings. The van der Waals surface area contributed by atoms with Crippen LogP contribution < -0.4 is 4.52 Å². The fourth-order valence-electron chi connectivity index (χ4n) is 2.21. The monoisotopic (exact) mass is 340 g/mol. The highest BCUT2D eigenvalue weighted by Gasteiger charge is 2.26. The largest absolute Gasteiger partial charge is 0.524 e. The molecule has 0 saturated heterocycles. The van der Waals surface area contributed by atoms with Gasteiger partial charge in [0.1, 0.15) is 17.2 Å². The van der Waals surface area contributed by atoms with Gasteiger partial charge in [-0.2, -0.15) is 0 Å². The van der Waals surface area contributed by atoms with E-state index >= 15 is 0 Å². The van der Waals surface area contributed by atoms with E-state index in [1.807, 2.05) is 0 Å². The Bertz CT molecular complexity index is 723. The van der Waals surface area contributed by atoms with Crippen molar-refractivity contribution in [2.24, 2.45) is 0 Å².